The fourth-order valence-electron chi connectivity index (χ4n) is 4.26. The minimum absolute atomic E-state index is 0.0184. The van der Waals surface area contributed by atoms with Gasteiger partial charge in [0.25, 0.3) is 5.91 Å². The van der Waals surface area contributed by atoms with Crippen LogP contribution in [-0.2, 0) is 9.47 Å². The highest BCUT2D eigenvalue weighted by atomic mass is 16.6. The first-order valence-corrected chi connectivity index (χ1v) is 9.27. The number of rotatable bonds is 1. The second-order valence-corrected chi connectivity index (χ2v) is 7.69. The molecule has 0 saturated carbocycles. The molecule has 0 bridgehead atoms. The van der Waals surface area contributed by atoms with Gasteiger partial charge >= 0.3 is 0 Å². The maximum absolute atomic E-state index is 13.4. The molecule has 2 fully saturated rings. The number of aryl methyl sites for hydroxylation is 3. The van der Waals surface area contributed by atoms with Crippen LogP contribution in [0.15, 0.2) is 6.07 Å². The van der Waals surface area contributed by atoms with Crippen LogP contribution in [0.3, 0.4) is 0 Å². The topological polar surface area (TPSA) is 69.0 Å². The van der Waals surface area contributed by atoms with Crippen molar-refractivity contribution in [2.24, 2.45) is 0 Å². The average molecular weight is 358 g/mol. The van der Waals surface area contributed by atoms with Gasteiger partial charge in [-0.3, -0.25) is 4.79 Å². The summed E-state index contributed by atoms with van der Waals surface area (Å²) in [7, 11) is 0. The van der Waals surface area contributed by atoms with Crippen LogP contribution >= 0.6 is 0 Å². The molecular weight excluding hydrogens is 332 g/mol. The number of hydrogen-bond acceptors (Lipinski definition) is 5. The summed E-state index contributed by atoms with van der Waals surface area (Å²) in [5, 5.41) is 4.54. The molecule has 2 saturated heterocycles. The molecule has 26 heavy (non-hydrogen) atoms. The van der Waals surface area contributed by atoms with E-state index in [2.05, 4.69) is 10.1 Å². The van der Waals surface area contributed by atoms with E-state index in [4.69, 9.17) is 9.47 Å². The van der Waals surface area contributed by atoms with Crippen molar-refractivity contribution in [3.63, 3.8) is 0 Å². The van der Waals surface area contributed by atoms with E-state index in [9.17, 15) is 4.79 Å². The maximum atomic E-state index is 13.4. The van der Waals surface area contributed by atoms with Gasteiger partial charge in [0.1, 0.15) is 11.2 Å². The Morgan fingerprint density at radius 3 is 2.88 bits per heavy atom. The van der Waals surface area contributed by atoms with E-state index in [0.717, 1.165) is 30.8 Å². The predicted octanol–water partition coefficient (Wildman–Crippen LogP) is 2.06. The van der Waals surface area contributed by atoms with Crippen LogP contribution in [0.5, 0.6) is 0 Å². The standard InChI is InChI=1S/C19H26N4O3/c1-12-8-13(2)23-17(20-12)16(15(4)21-23)18(24)22-9-14(3)26-19(10-22)6-5-7-25-11-19/h8,14H,5-7,9-11H2,1-4H3/t14-,19-/m1/s1. The van der Waals surface area contributed by atoms with E-state index in [-0.39, 0.29) is 17.6 Å². The number of carbonyl (C=O) groups excluding carboxylic acids is 1. The van der Waals surface area contributed by atoms with Gasteiger partial charge in [0.2, 0.25) is 0 Å². The molecule has 0 unspecified atom stereocenters. The molecular formula is C19H26N4O3. The first-order valence-electron chi connectivity index (χ1n) is 9.27. The van der Waals surface area contributed by atoms with Crippen LogP contribution in [0.4, 0.5) is 0 Å². The zero-order chi connectivity index (χ0) is 18.5. The summed E-state index contributed by atoms with van der Waals surface area (Å²) in [5.41, 5.74) is 3.42. The normalized spacial score (nSPS) is 26.6. The molecule has 0 aromatic carbocycles. The lowest BCUT2D eigenvalue weighted by molar-refractivity contribution is -0.188. The number of amides is 1. The SMILES string of the molecule is Cc1cc(C)n2nc(C)c(C(=O)N3C[C@@H](C)O[C@]4(CCCOC4)C3)c2n1. The molecule has 7 heteroatoms. The van der Waals surface area contributed by atoms with E-state index in [0.29, 0.717) is 36.6 Å². The van der Waals surface area contributed by atoms with Crippen LogP contribution < -0.4 is 0 Å². The number of fused-ring (bicyclic) bond motifs is 1. The van der Waals surface area contributed by atoms with Crippen molar-refractivity contribution in [1.82, 2.24) is 19.5 Å². The van der Waals surface area contributed by atoms with E-state index in [1.807, 2.05) is 38.7 Å². The van der Waals surface area contributed by atoms with Gasteiger partial charge < -0.3 is 14.4 Å². The molecule has 1 amide bonds. The lowest BCUT2D eigenvalue weighted by atomic mass is 9.93. The van der Waals surface area contributed by atoms with Crippen molar-refractivity contribution < 1.29 is 14.3 Å². The monoisotopic (exact) mass is 358 g/mol. The number of hydrogen-bond donors (Lipinski definition) is 0. The van der Waals surface area contributed by atoms with Crippen molar-refractivity contribution >= 4 is 11.6 Å². The molecule has 1 spiro atoms. The van der Waals surface area contributed by atoms with Gasteiger partial charge in [-0.05, 0) is 46.6 Å². The Bertz CT molecular complexity index is 854. The Morgan fingerprint density at radius 1 is 1.35 bits per heavy atom. The van der Waals surface area contributed by atoms with Crippen LogP contribution in [0.25, 0.3) is 5.65 Å². The van der Waals surface area contributed by atoms with E-state index in [1.54, 1.807) is 4.52 Å². The predicted molar refractivity (Wildman–Crippen MR) is 96.4 cm³/mol. The van der Waals surface area contributed by atoms with Crippen LogP contribution in [-0.4, -0.2) is 63.4 Å². The molecule has 2 aromatic heterocycles. The third kappa shape index (κ3) is 2.89. The minimum atomic E-state index is -0.387. The molecule has 0 radical (unpaired) electrons. The molecule has 2 aliphatic heterocycles. The van der Waals surface area contributed by atoms with E-state index < -0.39 is 0 Å². The largest absolute Gasteiger partial charge is 0.378 e. The molecule has 0 aliphatic carbocycles. The zero-order valence-electron chi connectivity index (χ0n) is 15.9. The fourth-order valence-corrected chi connectivity index (χ4v) is 4.26. The van der Waals surface area contributed by atoms with Gasteiger partial charge in [-0.15, -0.1) is 0 Å². The Kier molecular flexibility index (Phi) is 4.23. The fraction of sp³-hybridized carbons (Fsp3) is 0.632. The van der Waals surface area contributed by atoms with Crippen LogP contribution in [0, 0.1) is 20.8 Å². The first-order chi connectivity index (χ1) is 12.4. The Morgan fingerprint density at radius 2 is 2.15 bits per heavy atom. The van der Waals surface area contributed by atoms with Gasteiger partial charge in [0.05, 0.1) is 24.9 Å². The molecule has 2 aliphatic rings. The third-order valence-electron chi connectivity index (χ3n) is 5.27. The summed E-state index contributed by atoms with van der Waals surface area (Å²) in [5.74, 6) is -0.0184. The molecule has 4 rings (SSSR count). The summed E-state index contributed by atoms with van der Waals surface area (Å²) in [6.45, 7) is 10.3. The molecule has 2 atom stereocenters. The van der Waals surface area contributed by atoms with Gasteiger partial charge in [-0.2, -0.15) is 5.10 Å². The van der Waals surface area contributed by atoms with Gasteiger partial charge in [0.15, 0.2) is 5.65 Å². The van der Waals surface area contributed by atoms with Crippen molar-refractivity contribution in [2.45, 2.75) is 52.2 Å². The van der Waals surface area contributed by atoms with Crippen molar-refractivity contribution in [3.8, 4) is 0 Å². The van der Waals surface area contributed by atoms with Crippen molar-refractivity contribution in [3.05, 3.63) is 28.7 Å². The summed E-state index contributed by atoms with van der Waals surface area (Å²) >= 11 is 0. The Hall–Kier alpha value is -1.99. The summed E-state index contributed by atoms with van der Waals surface area (Å²) in [6.07, 6.45) is 1.86. The highest BCUT2D eigenvalue weighted by molar-refractivity contribution is 6.01. The number of morpholine rings is 1. The minimum Gasteiger partial charge on any atom is -0.378 e. The molecule has 2 aromatic rings. The Balaban J connectivity index is 1.71. The molecule has 4 heterocycles. The third-order valence-corrected chi connectivity index (χ3v) is 5.27. The summed E-state index contributed by atoms with van der Waals surface area (Å²) in [6, 6.07) is 1.97. The molecule has 140 valence electrons. The first kappa shape index (κ1) is 17.4. The van der Waals surface area contributed by atoms with Gasteiger partial charge in [-0.25, -0.2) is 9.50 Å². The maximum Gasteiger partial charge on any atom is 0.259 e. The Labute approximate surface area is 153 Å². The molecule has 7 nitrogen and oxygen atoms in total. The lowest BCUT2D eigenvalue weighted by Crippen LogP contribution is -2.59. The second kappa shape index (κ2) is 6.32. The summed E-state index contributed by atoms with van der Waals surface area (Å²) in [4.78, 5) is 19.9. The van der Waals surface area contributed by atoms with E-state index >= 15 is 0 Å². The summed E-state index contributed by atoms with van der Waals surface area (Å²) < 4.78 is 13.6. The quantitative estimate of drug-likeness (QED) is 0.781. The highest BCUT2D eigenvalue weighted by Gasteiger charge is 2.43. The average Bonchev–Trinajstić information content (AvgIpc) is 2.90. The number of aromatic nitrogens is 3. The zero-order valence-corrected chi connectivity index (χ0v) is 15.9. The lowest BCUT2D eigenvalue weighted by Gasteiger charge is -2.47. The van der Waals surface area contributed by atoms with Crippen molar-refractivity contribution in [2.75, 3.05) is 26.3 Å². The smallest absolute Gasteiger partial charge is 0.259 e. The highest BCUT2D eigenvalue weighted by Crippen LogP contribution is 2.31. The number of carbonyl (C=O) groups is 1. The second-order valence-electron chi connectivity index (χ2n) is 7.69. The number of ether oxygens (including phenoxy) is 2. The van der Waals surface area contributed by atoms with Crippen molar-refractivity contribution in [1.29, 1.82) is 0 Å². The number of nitrogens with zero attached hydrogens (tertiary/aromatic N) is 4. The molecule has 0 N–H and O–H groups in total. The van der Waals surface area contributed by atoms with Crippen LogP contribution in [0.2, 0.25) is 0 Å². The van der Waals surface area contributed by atoms with Crippen LogP contribution in [0.1, 0.15) is 47.2 Å². The van der Waals surface area contributed by atoms with Gasteiger partial charge in [0, 0.05) is 24.5 Å². The van der Waals surface area contributed by atoms with E-state index in [1.165, 1.54) is 0 Å². The van der Waals surface area contributed by atoms with Gasteiger partial charge in [-0.1, -0.05) is 0 Å².